The van der Waals surface area contributed by atoms with Gasteiger partial charge < -0.3 is 14.6 Å². The standard InChI is InChI=1S/C16H19ClN2O2/c1-11-2-3-14-13(10-11)12-4-7-19(8-5-15(12)18-14)16(20)21-9-6-17/h2-3,10,18H,4-9H2,1H3. The van der Waals surface area contributed by atoms with Crippen molar-refractivity contribution in [2.75, 3.05) is 25.6 Å². The number of fused-ring (bicyclic) bond motifs is 3. The van der Waals surface area contributed by atoms with Crippen LogP contribution in [0, 0.1) is 6.92 Å². The summed E-state index contributed by atoms with van der Waals surface area (Å²) in [6.07, 6.45) is 1.43. The second-order valence-corrected chi connectivity index (χ2v) is 5.80. The van der Waals surface area contributed by atoms with Gasteiger partial charge in [-0.25, -0.2) is 4.79 Å². The van der Waals surface area contributed by atoms with Gasteiger partial charge in [-0.15, -0.1) is 11.6 Å². The number of nitrogens with one attached hydrogen (secondary N) is 1. The van der Waals surface area contributed by atoms with Crippen molar-refractivity contribution < 1.29 is 9.53 Å². The molecule has 4 nitrogen and oxygen atoms in total. The fourth-order valence-electron chi connectivity index (χ4n) is 2.92. The lowest BCUT2D eigenvalue weighted by atomic mass is 10.1. The Hall–Kier alpha value is -1.68. The molecule has 0 saturated heterocycles. The second-order valence-electron chi connectivity index (χ2n) is 5.42. The molecule has 2 heterocycles. The van der Waals surface area contributed by atoms with Crippen LogP contribution >= 0.6 is 11.6 Å². The number of H-pyrrole nitrogens is 1. The summed E-state index contributed by atoms with van der Waals surface area (Å²) in [5.74, 6) is 0.336. The monoisotopic (exact) mass is 306 g/mol. The van der Waals surface area contributed by atoms with Crippen LogP contribution in [0.4, 0.5) is 4.79 Å². The highest BCUT2D eigenvalue weighted by atomic mass is 35.5. The number of aryl methyl sites for hydroxylation is 1. The molecule has 1 aliphatic heterocycles. The summed E-state index contributed by atoms with van der Waals surface area (Å²) in [6.45, 7) is 3.74. The molecule has 3 rings (SSSR count). The van der Waals surface area contributed by atoms with Crippen molar-refractivity contribution in [1.82, 2.24) is 9.88 Å². The summed E-state index contributed by atoms with van der Waals surface area (Å²) >= 11 is 5.55. The molecule has 1 amide bonds. The van der Waals surface area contributed by atoms with Gasteiger partial charge in [0.05, 0.1) is 5.88 Å². The fraction of sp³-hybridized carbons (Fsp3) is 0.438. The number of hydrogen-bond donors (Lipinski definition) is 1. The third kappa shape index (κ3) is 2.86. The maximum Gasteiger partial charge on any atom is 0.409 e. The van der Waals surface area contributed by atoms with Gasteiger partial charge in [-0.3, -0.25) is 0 Å². The average Bonchev–Trinajstić information content (AvgIpc) is 2.68. The Bertz CT molecular complexity index is 666. The largest absolute Gasteiger partial charge is 0.448 e. The van der Waals surface area contributed by atoms with E-state index in [0.717, 1.165) is 12.8 Å². The molecule has 2 aromatic rings. The molecule has 1 aliphatic rings. The number of halogens is 1. The van der Waals surface area contributed by atoms with Crippen LogP contribution in [0.1, 0.15) is 16.8 Å². The molecular formula is C16H19ClN2O2. The van der Waals surface area contributed by atoms with Gasteiger partial charge in [0.25, 0.3) is 0 Å². The summed E-state index contributed by atoms with van der Waals surface area (Å²) in [5, 5.41) is 1.28. The maximum absolute atomic E-state index is 11.9. The van der Waals surface area contributed by atoms with E-state index in [1.165, 1.54) is 27.7 Å². The van der Waals surface area contributed by atoms with Crippen molar-refractivity contribution in [2.24, 2.45) is 0 Å². The van der Waals surface area contributed by atoms with E-state index < -0.39 is 0 Å². The number of aromatic nitrogens is 1. The first kappa shape index (κ1) is 14.3. The minimum Gasteiger partial charge on any atom is -0.448 e. The molecule has 0 bridgehead atoms. The van der Waals surface area contributed by atoms with Gasteiger partial charge in [-0.1, -0.05) is 11.6 Å². The van der Waals surface area contributed by atoms with Gasteiger partial charge in [-0.05, 0) is 31.0 Å². The summed E-state index contributed by atoms with van der Waals surface area (Å²) < 4.78 is 5.11. The molecule has 5 heteroatoms. The molecule has 1 aromatic carbocycles. The van der Waals surface area contributed by atoms with Crippen molar-refractivity contribution in [3.63, 3.8) is 0 Å². The zero-order valence-corrected chi connectivity index (χ0v) is 12.9. The number of ether oxygens (including phenoxy) is 1. The molecule has 0 unspecified atom stereocenters. The number of hydrogen-bond acceptors (Lipinski definition) is 2. The van der Waals surface area contributed by atoms with Gasteiger partial charge >= 0.3 is 6.09 Å². The lowest BCUT2D eigenvalue weighted by Crippen LogP contribution is -2.34. The van der Waals surface area contributed by atoms with Crippen LogP contribution in [-0.2, 0) is 17.6 Å². The highest BCUT2D eigenvalue weighted by Gasteiger charge is 2.22. The molecule has 0 fully saturated rings. The number of aromatic amines is 1. The summed E-state index contributed by atoms with van der Waals surface area (Å²) in [4.78, 5) is 17.2. The van der Waals surface area contributed by atoms with E-state index in [4.69, 9.17) is 16.3 Å². The summed E-state index contributed by atoms with van der Waals surface area (Å²) in [6, 6.07) is 6.46. The quantitative estimate of drug-likeness (QED) is 0.866. The van der Waals surface area contributed by atoms with E-state index in [1.807, 2.05) is 0 Å². The molecule has 0 radical (unpaired) electrons. The molecule has 0 aliphatic carbocycles. The van der Waals surface area contributed by atoms with E-state index in [2.05, 4.69) is 30.1 Å². The van der Waals surface area contributed by atoms with Gasteiger partial charge in [-0.2, -0.15) is 0 Å². The number of nitrogens with zero attached hydrogens (tertiary/aromatic N) is 1. The smallest absolute Gasteiger partial charge is 0.409 e. The molecule has 1 aromatic heterocycles. The van der Waals surface area contributed by atoms with Crippen LogP contribution in [0.15, 0.2) is 18.2 Å². The van der Waals surface area contributed by atoms with E-state index in [1.54, 1.807) is 4.90 Å². The molecule has 0 saturated carbocycles. The van der Waals surface area contributed by atoms with Crippen LogP contribution in [0.2, 0.25) is 0 Å². The Kier molecular flexibility index (Phi) is 4.06. The normalized spacial score (nSPS) is 14.9. The number of rotatable bonds is 2. The maximum atomic E-state index is 11.9. The van der Waals surface area contributed by atoms with Crippen molar-refractivity contribution in [1.29, 1.82) is 0 Å². The summed E-state index contributed by atoms with van der Waals surface area (Å²) in [5.41, 5.74) is 5.01. The van der Waals surface area contributed by atoms with Crippen LogP contribution in [0.5, 0.6) is 0 Å². The minimum atomic E-state index is -0.263. The van der Waals surface area contributed by atoms with E-state index in [-0.39, 0.29) is 12.7 Å². The third-order valence-electron chi connectivity index (χ3n) is 3.97. The molecule has 0 spiro atoms. The number of carbonyl (C=O) groups excluding carboxylic acids is 1. The molecule has 1 N–H and O–H groups in total. The topological polar surface area (TPSA) is 45.3 Å². The van der Waals surface area contributed by atoms with E-state index in [0.29, 0.717) is 19.0 Å². The highest BCUT2D eigenvalue weighted by molar-refractivity contribution is 6.18. The first-order chi connectivity index (χ1) is 10.2. The lowest BCUT2D eigenvalue weighted by Gasteiger charge is -2.19. The lowest BCUT2D eigenvalue weighted by molar-refractivity contribution is 0.109. The zero-order valence-electron chi connectivity index (χ0n) is 12.1. The van der Waals surface area contributed by atoms with Crippen LogP contribution < -0.4 is 0 Å². The first-order valence-electron chi connectivity index (χ1n) is 7.27. The van der Waals surface area contributed by atoms with Crippen molar-refractivity contribution >= 4 is 28.6 Å². The van der Waals surface area contributed by atoms with Crippen molar-refractivity contribution in [2.45, 2.75) is 19.8 Å². The Morgan fingerprint density at radius 3 is 3.00 bits per heavy atom. The Morgan fingerprint density at radius 2 is 2.19 bits per heavy atom. The molecule has 21 heavy (non-hydrogen) atoms. The molecule has 112 valence electrons. The van der Waals surface area contributed by atoms with Crippen LogP contribution in [-0.4, -0.2) is 41.6 Å². The van der Waals surface area contributed by atoms with Gasteiger partial charge in [0.15, 0.2) is 0 Å². The number of amides is 1. The average molecular weight is 307 g/mol. The number of benzene rings is 1. The zero-order chi connectivity index (χ0) is 14.8. The van der Waals surface area contributed by atoms with Gasteiger partial charge in [0.1, 0.15) is 6.61 Å². The van der Waals surface area contributed by atoms with E-state index in [9.17, 15) is 4.79 Å². The predicted molar refractivity (Wildman–Crippen MR) is 84.1 cm³/mol. The van der Waals surface area contributed by atoms with Crippen LogP contribution in [0.25, 0.3) is 10.9 Å². The van der Waals surface area contributed by atoms with Crippen molar-refractivity contribution in [3.05, 3.63) is 35.0 Å². The Balaban J connectivity index is 1.80. The first-order valence-corrected chi connectivity index (χ1v) is 7.80. The molecular weight excluding hydrogens is 288 g/mol. The fourth-order valence-corrected chi connectivity index (χ4v) is 3.00. The highest BCUT2D eigenvalue weighted by Crippen LogP contribution is 2.26. The van der Waals surface area contributed by atoms with Gasteiger partial charge in [0.2, 0.25) is 0 Å². The molecule has 0 atom stereocenters. The minimum absolute atomic E-state index is 0.263. The number of carbonyl (C=O) groups is 1. The Morgan fingerprint density at radius 1 is 1.38 bits per heavy atom. The second kappa shape index (κ2) is 5.98. The summed E-state index contributed by atoms with van der Waals surface area (Å²) in [7, 11) is 0. The van der Waals surface area contributed by atoms with Crippen molar-refractivity contribution in [3.8, 4) is 0 Å². The SMILES string of the molecule is Cc1ccc2[nH]c3c(c2c1)CCN(C(=O)OCCCl)CC3. The predicted octanol–water partition coefficient (Wildman–Crippen LogP) is 3.25. The van der Waals surface area contributed by atoms with E-state index >= 15 is 0 Å². The van der Waals surface area contributed by atoms with Crippen LogP contribution in [0.3, 0.4) is 0 Å². The van der Waals surface area contributed by atoms with Gasteiger partial charge in [0, 0.05) is 36.1 Å². The third-order valence-corrected chi connectivity index (χ3v) is 4.13. The Labute approximate surface area is 129 Å². The number of alkyl halides is 1.